The first kappa shape index (κ1) is 17.6. The van der Waals surface area contributed by atoms with Gasteiger partial charge in [-0.3, -0.25) is 4.79 Å². The Hall–Kier alpha value is -2.20. The van der Waals surface area contributed by atoms with Crippen molar-refractivity contribution < 1.29 is 9.53 Å². The number of nitrogens with zero attached hydrogens (tertiary/aromatic N) is 1. The van der Waals surface area contributed by atoms with Gasteiger partial charge in [-0.15, -0.1) is 0 Å². The predicted octanol–water partition coefficient (Wildman–Crippen LogP) is 4.59. The molecule has 1 aliphatic heterocycles. The van der Waals surface area contributed by atoms with Crippen molar-refractivity contribution in [2.75, 3.05) is 29.9 Å². The fourth-order valence-electron chi connectivity index (χ4n) is 3.06. The van der Waals surface area contributed by atoms with Gasteiger partial charge in [-0.25, -0.2) is 0 Å². The van der Waals surface area contributed by atoms with Crippen LogP contribution >= 0.6 is 11.6 Å². The molecule has 1 saturated heterocycles. The van der Waals surface area contributed by atoms with Gasteiger partial charge in [0, 0.05) is 29.5 Å². The highest BCUT2D eigenvalue weighted by atomic mass is 35.5. The molecule has 0 aromatic heterocycles. The lowest BCUT2D eigenvalue weighted by molar-refractivity contribution is -0.118. The van der Waals surface area contributed by atoms with E-state index in [1.165, 1.54) is 18.5 Å². The van der Waals surface area contributed by atoms with Gasteiger partial charge in [0.2, 0.25) is 0 Å². The second-order valence-corrected chi connectivity index (χ2v) is 6.97. The SMILES string of the molecule is CC1CCCN(c2ccc(NC(=O)COc3ccc(Cl)cc3)cc2)C1. The predicted molar refractivity (Wildman–Crippen MR) is 103 cm³/mol. The molecule has 2 aromatic carbocycles. The van der Waals surface area contributed by atoms with Gasteiger partial charge in [-0.1, -0.05) is 18.5 Å². The van der Waals surface area contributed by atoms with Gasteiger partial charge in [-0.05, 0) is 67.3 Å². The van der Waals surface area contributed by atoms with Crippen LogP contribution in [0.5, 0.6) is 5.75 Å². The molecule has 1 amide bonds. The van der Waals surface area contributed by atoms with Gasteiger partial charge in [0.15, 0.2) is 6.61 Å². The van der Waals surface area contributed by atoms with Crippen molar-refractivity contribution in [3.63, 3.8) is 0 Å². The molecule has 1 atom stereocenters. The number of nitrogens with one attached hydrogen (secondary N) is 1. The molecule has 0 aliphatic carbocycles. The molecule has 4 nitrogen and oxygen atoms in total. The first-order chi connectivity index (χ1) is 12.1. The zero-order valence-corrected chi connectivity index (χ0v) is 15.1. The van der Waals surface area contributed by atoms with E-state index < -0.39 is 0 Å². The average Bonchev–Trinajstić information content (AvgIpc) is 2.62. The highest BCUT2D eigenvalue weighted by Gasteiger charge is 2.16. The quantitative estimate of drug-likeness (QED) is 0.849. The Morgan fingerprint density at radius 3 is 2.60 bits per heavy atom. The van der Waals surface area contributed by atoms with Gasteiger partial charge in [0.05, 0.1) is 0 Å². The van der Waals surface area contributed by atoms with Crippen molar-refractivity contribution in [2.45, 2.75) is 19.8 Å². The molecular weight excluding hydrogens is 336 g/mol. The summed E-state index contributed by atoms with van der Waals surface area (Å²) in [7, 11) is 0. The third kappa shape index (κ3) is 5.13. The smallest absolute Gasteiger partial charge is 0.262 e. The molecule has 0 radical (unpaired) electrons. The van der Waals surface area contributed by atoms with Crippen LogP contribution in [0.3, 0.4) is 0 Å². The lowest BCUT2D eigenvalue weighted by Crippen LogP contribution is -2.34. The van der Waals surface area contributed by atoms with E-state index in [1.807, 2.05) is 12.1 Å². The number of hydrogen-bond acceptors (Lipinski definition) is 3. The van der Waals surface area contributed by atoms with E-state index in [0.717, 1.165) is 24.7 Å². The maximum Gasteiger partial charge on any atom is 0.262 e. The Labute approximate surface area is 153 Å². The number of rotatable bonds is 5. The molecule has 132 valence electrons. The molecule has 3 rings (SSSR count). The highest BCUT2D eigenvalue weighted by molar-refractivity contribution is 6.30. The van der Waals surface area contributed by atoms with Crippen LogP contribution < -0.4 is 15.0 Å². The normalized spacial score (nSPS) is 17.2. The molecule has 5 heteroatoms. The van der Waals surface area contributed by atoms with Crippen LogP contribution in [-0.4, -0.2) is 25.6 Å². The van der Waals surface area contributed by atoms with E-state index in [9.17, 15) is 4.79 Å². The van der Waals surface area contributed by atoms with E-state index in [-0.39, 0.29) is 12.5 Å². The van der Waals surface area contributed by atoms with E-state index in [1.54, 1.807) is 24.3 Å². The topological polar surface area (TPSA) is 41.6 Å². The van der Waals surface area contributed by atoms with E-state index in [0.29, 0.717) is 10.8 Å². The first-order valence-electron chi connectivity index (χ1n) is 8.63. The highest BCUT2D eigenvalue weighted by Crippen LogP contribution is 2.24. The molecule has 0 saturated carbocycles. The number of carbonyl (C=O) groups is 1. The summed E-state index contributed by atoms with van der Waals surface area (Å²) in [6.07, 6.45) is 2.54. The average molecular weight is 359 g/mol. The Bertz CT molecular complexity index is 701. The molecule has 1 unspecified atom stereocenters. The minimum atomic E-state index is -0.186. The minimum absolute atomic E-state index is 0.0347. The summed E-state index contributed by atoms with van der Waals surface area (Å²) < 4.78 is 5.45. The molecule has 1 N–H and O–H groups in total. The Morgan fingerprint density at radius 2 is 1.92 bits per heavy atom. The monoisotopic (exact) mass is 358 g/mol. The van der Waals surface area contributed by atoms with Crippen LogP contribution in [0.2, 0.25) is 5.02 Å². The second-order valence-electron chi connectivity index (χ2n) is 6.53. The maximum absolute atomic E-state index is 12.0. The fourth-order valence-corrected chi connectivity index (χ4v) is 3.18. The standard InChI is InChI=1S/C20H23ClN2O2/c1-15-3-2-12-23(13-15)18-8-6-17(7-9-18)22-20(24)14-25-19-10-4-16(21)5-11-19/h4-11,15H,2-3,12-14H2,1H3,(H,22,24). The van der Waals surface area contributed by atoms with Crippen LogP contribution in [0.25, 0.3) is 0 Å². The molecule has 1 aliphatic rings. The fraction of sp³-hybridized carbons (Fsp3) is 0.350. The lowest BCUT2D eigenvalue weighted by atomic mass is 10.00. The van der Waals surface area contributed by atoms with Crippen molar-refractivity contribution >= 4 is 28.9 Å². The Morgan fingerprint density at radius 1 is 1.20 bits per heavy atom. The van der Waals surface area contributed by atoms with Crippen LogP contribution in [0.4, 0.5) is 11.4 Å². The van der Waals surface area contributed by atoms with Gasteiger partial charge in [-0.2, -0.15) is 0 Å². The van der Waals surface area contributed by atoms with Crippen molar-refractivity contribution in [3.8, 4) is 5.75 Å². The minimum Gasteiger partial charge on any atom is -0.484 e. The molecule has 2 aromatic rings. The van der Waals surface area contributed by atoms with E-state index in [4.69, 9.17) is 16.3 Å². The van der Waals surface area contributed by atoms with Crippen LogP contribution in [0.15, 0.2) is 48.5 Å². The van der Waals surface area contributed by atoms with Crippen molar-refractivity contribution in [1.82, 2.24) is 0 Å². The molecular formula is C20H23ClN2O2. The van der Waals surface area contributed by atoms with E-state index in [2.05, 4.69) is 29.3 Å². The van der Waals surface area contributed by atoms with Crippen LogP contribution in [0, 0.1) is 5.92 Å². The third-order valence-corrected chi connectivity index (χ3v) is 4.61. The number of ether oxygens (including phenoxy) is 1. The summed E-state index contributed by atoms with van der Waals surface area (Å²) in [5.41, 5.74) is 1.99. The lowest BCUT2D eigenvalue weighted by Gasteiger charge is -2.32. The number of amides is 1. The number of hydrogen-bond donors (Lipinski definition) is 1. The van der Waals surface area contributed by atoms with Gasteiger partial charge >= 0.3 is 0 Å². The van der Waals surface area contributed by atoms with Crippen molar-refractivity contribution in [3.05, 3.63) is 53.6 Å². The van der Waals surface area contributed by atoms with Crippen molar-refractivity contribution in [2.24, 2.45) is 5.92 Å². The molecule has 0 spiro atoms. The molecule has 1 fully saturated rings. The van der Waals surface area contributed by atoms with Crippen LogP contribution in [0.1, 0.15) is 19.8 Å². The first-order valence-corrected chi connectivity index (χ1v) is 9.01. The summed E-state index contributed by atoms with van der Waals surface area (Å²) in [5, 5.41) is 3.49. The molecule has 25 heavy (non-hydrogen) atoms. The number of carbonyl (C=O) groups excluding carboxylic acids is 1. The van der Waals surface area contributed by atoms with Gasteiger partial charge in [0.1, 0.15) is 5.75 Å². The largest absolute Gasteiger partial charge is 0.484 e. The zero-order valence-electron chi connectivity index (χ0n) is 14.4. The summed E-state index contributed by atoms with van der Waals surface area (Å²) in [6, 6.07) is 14.9. The maximum atomic E-state index is 12.0. The van der Waals surface area contributed by atoms with Gasteiger partial charge < -0.3 is 15.0 Å². The summed E-state index contributed by atoms with van der Waals surface area (Å²) >= 11 is 5.82. The Kier molecular flexibility index (Phi) is 5.82. The molecule has 1 heterocycles. The summed E-state index contributed by atoms with van der Waals surface area (Å²) in [6.45, 7) is 4.46. The Balaban J connectivity index is 1.50. The summed E-state index contributed by atoms with van der Waals surface area (Å²) in [4.78, 5) is 14.4. The van der Waals surface area contributed by atoms with Gasteiger partial charge in [0.25, 0.3) is 5.91 Å². The number of halogens is 1. The molecule has 0 bridgehead atoms. The number of benzene rings is 2. The number of piperidine rings is 1. The summed E-state index contributed by atoms with van der Waals surface area (Å²) in [5.74, 6) is 1.17. The second kappa shape index (κ2) is 8.26. The third-order valence-electron chi connectivity index (χ3n) is 4.36. The zero-order chi connectivity index (χ0) is 17.6. The number of anilines is 2. The van der Waals surface area contributed by atoms with Crippen molar-refractivity contribution in [1.29, 1.82) is 0 Å². The van der Waals surface area contributed by atoms with Crippen LogP contribution in [-0.2, 0) is 4.79 Å². The van der Waals surface area contributed by atoms with E-state index >= 15 is 0 Å².